The third-order valence-corrected chi connectivity index (χ3v) is 7.68. The molecule has 1 aliphatic carbocycles. The van der Waals surface area contributed by atoms with E-state index >= 15 is 4.39 Å². The number of carbonyl (C=O) groups is 1. The first-order chi connectivity index (χ1) is 17.4. The van der Waals surface area contributed by atoms with Gasteiger partial charge in [0, 0.05) is 22.0 Å². The Hall–Kier alpha value is -2.91. The molecule has 36 heavy (non-hydrogen) atoms. The number of nitrogens with one attached hydrogen (secondary N) is 1. The zero-order valence-corrected chi connectivity index (χ0v) is 21.2. The minimum atomic E-state index is -0.971. The lowest BCUT2D eigenvalue weighted by Gasteiger charge is -2.30. The molecule has 0 amide bonds. The predicted molar refractivity (Wildman–Crippen MR) is 135 cm³/mol. The van der Waals surface area contributed by atoms with Gasteiger partial charge in [-0.2, -0.15) is 4.98 Å². The molecule has 1 N–H and O–H groups in total. The molecule has 10 heteroatoms. The van der Waals surface area contributed by atoms with Gasteiger partial charge < -0.3 is 10.1 Å². The Morgan fingerprint density at radius 3 is 2.64 bits per heavy atom. The van der Waals surface area contributed by atoms with Crippen molar-refractivity contribution >= 4 is 35.3 Å². The molecule has 0 saturated heterocycles. The summed E-state index contributed by atoms with van der Waals surface area (Å²) in [4.78, 5) is 18.0. The van der Waals surface area contributed by atoms with Gasteiger partial charge in [0.05, 0.1) is 5.57 Å². The number of aromatic nitrogens is 3. The second-order valence-corrected chi connectivity index (χ2v) is 10.3. The van der Waals surface area contributed by atoms with Crippen LogP contribution in [0.2, 0.25) is 5.02 Å². The molecule has 3 aromatic rings. The maximum absolute atomic E-state index is 15.2. The van der Waals surface area contributed by atoms with Crippen LogP contribution in [0.25, 0.3) is 0 Å². The van der Waals surface area contributed by atoms with Crippen molar-refractivity contribution in [3.05, 3.63) is 81.5 Å². The molecule has 1 fully saturated rings. The number of hydrogen-bond donors (Lipinski definition) is 1. The fourth-order valence-corrected chi connectivity index (χ4v) is 5.73. The number of hydrogen-bond acceptors (Lipinski definition) is 6. The van der Waals surface area contributed by atoms with Crippen molar-refractivity contribution in [2.24, 2.45) is 0 Å². The summed E-state index contributed by atoms with van der Waals surface area (Å²) in [6.07, 6.45) is 4.58. The average molecular weight is 531 g/mol. The Labute approximate surface area is 217 Å². The van der Waals surface area contributed by atoms with Gasteiger partial charge in [0.15, 0.2) is 0 Å². The van der Waals surface area contributed by atoms with Crippen molar-refractivity contribution in [3.8, 4) is 0 Å². The molecular weight excluding hydrogens is 506 g/mol. The smallest absolute Gasteiger partial charge is 0.338 e. The number of nitrogens with zero attached hydrogens (tertiary/aromatic N) is 3. The molecule has 1 aromatic heterocycles. The molecule has 188 valence electrons. The van der Waals surface area contributed by atoms with Gasteiger partial charge in [-0.25, -0.2) is 18.3 Å². The van der Waals surface area contributed by atoms with Crippen LogP contribution in [0, 0.1) is 11.6 Å². The van der Waals surface area contributed by atoms with E-state index < -0.39 is 17.8 Å². The number of anilines is 1. The van der Waals surface area contributed by atoms with E-state index in [-0.39, 0.29) is 28.1 Å². The van der Waals surface area contributed by atoms with Crippen molar-refractivity contribution in [1.82, 2.24) is 14.8 Å². The summed E-state index contributed by atoms with van der Waals surface area (Å²) in [5.41, 5.74) is 1.36. The van der Waals surface area contributed by atoms with Crippen LogP contribution in [0.1, 0.15) is 56.2 Å². The van der Waals surface area contributed by atoms with Crippen molar-refractivity contribution in [2.45, 2.75) is 62.1 Å². The molecule has 1 aliphatic heterocycles. The SMILES string of the molecule is CC1=C(C(=O)OC2CCCCC2)C(c2c(F)cccc2Cl)n2nc(SCc3ccccc3F)nc2N1. The summed E-state index contributed by atoms with van der Waals surface area (Å²) >= 11 is 7.70. The first-order valence-electron chi connectivity index (χ1n) is 11.9. The van der Waals surface area contributed by atoms with Crippen LogP contribution < -0.4 is 5.32 Å². The first-order valence-corrected chi connectivity index (χ1v) is 13.2. The van der Waals surface area contributed by atoms with Gasteiger partial charge in [-0.15, -0.1) is 5.10 Å². The molecule has 5 rings (SSSR count). The van der Waals surface area contributed by atoms with Gasteiger partial charge in [0.1, 0.15) is 23.8 Å². The highest BCUT2D eigenvalue weighted by Gasteiger charge is 2.38. The minimum absolute atomic E-state index is 0.118. The highest BCUT2D eigenvalue weighted by atomic mass is 35.5. The van der Waals surface area contributed by atoms with E-state index in [1.165, 1.54) is 34.6 Å². The van der Waals surface area contributed by atoms with Gasteiger partial charge in [-0.05, 0) is 56.4 Å². The maximum Gasteiger partial charge on any atom is 0.338 e. The predicted octanol–water partition coefficient (Wildman–Crippen LogP) is 6.67. The Balaban J connectivity index is 1.50. The third kappa shape index (κ3) is 4.99. The molecule has 6 nitrogen and oxygen atoms in total. The van der Waals surface area contributed by atoms with Gasteiger partial charge in [0.25, 0.3) is 0 Å². The fourth-order valence-electron chi connectivity index (χ4n) is 4.65. The number of halogens is 3. The Morgan fingerprint density at radius 2 is 1.89 bits per heavy atom. The second kappa shape index (κ2) is 10.6. The molecule has 0 radical (unpaired) electrons. The van der Waals surface area contributed by atoms with Gasteiger partial charge in [0.2, 0.25) is 11.1 Å². The molecule has 2 aromatic carbocycles. The summed E-state index contributed by atoms with van der Waals surface area (Å²) in [5, 5.41) is 8.20. The van der Waals surface area contributed by atoms with Crippen LogP contribution in [0.15, 0.2) is 58.9 Å². The van der Waals surface area contributed by atoms with Crippen LogP contribution in [-0.2, 0) is 15.3 Å². The van der Waals surface area contributed by atoms with E-state index in [1.807, 2.05) is 0 Å². The van der Waals surface area contributed by atoms with Crippen LogP contribution >= 0.6 is 23.4 Å². The number of carbonyl (C=O) groups excluding carboxylic acids is 1. The van der Waals surface area contributed by atoms with Crippen molar-refractivity contribution in [1.29, 1.82) is 0 Å². The first kappa shape index (κ1) is 24.8. The van der Waals surface area contributed by atoms with Crippen LogP contribution in [-0.4, -0.2) is 26.8 Å². The zero-order valence-electron chi connectivity index (χ0n) is 19.6. The Morgan fingerprint density at radius 1 is 1.14 bits per heavy atom. The van der Waals surface area contributed by atoms with Crippen LogP contribution in [0.3, 0.4) is 0 Å². The lowest BCUT2D eigenvalue weighted by Crippen LogP contribution is -2.32. The molecular formula is C26H25ClF2N4O2S. The standard InChI is InChI=1S/C26H25ClF2N4O2S/c1-15-21(24(34)35-17-9-3-2-4-10-17)23(22-18(27)11-7-13-20(22)29)33-25(30-15)31-26(32-33)36-14-16-8-5-6-12-19(16)28/h5-8,11-13,17,23H,2-4,9-10,14H2,1H3,(H,30,31,32). The summed E-state index contributed by atoms with van der Waals surface area (Å²) in [6, 6.07) is 9.91. The topological polar surface area (TPSA) is 69.0 Å². The maximum atomic E-state index is 15.2. The second-order valence-electron chi connectivity index (χ2n) is 8.91. The van der Waals surface area contributed by atoms with Gasteiger partial charge in [-0.3, -0.25) is 0 Å². The van der Waals surface area contributed by atoms with Crippen molar-refractivity contribution < 1.29 is 18.3 Å². The number of thioether (sulfide) groups is 1. The monoisotopic (exact) mass is 530 g/mol. The fraction of sp³-hybridized carbons (Fsp3) is 0.346. The minimum Gasteiger partial charge on any atom is -0.459 e. The summed E-state index contributed by atoms with van der Waals surface area (Å²) in [7, 11) is 0. The van der Waals surface area contributed by atoms with E-state index in [9.17, 15) is 9.18 Å². The zero-order chi connectivity index (χ0) is 25.2. The van der Waals surface area contributed by atoms with E-state index in [2.05, 4.69) is 15.4 Å². The molecule has 1 saturated carbocycles. The van der Waals surface area contributed by atoms with Crippen molar-refractivity contribution in [3.63, 3.8) is 0 Å². The van der Waals surface area contributed by atoms with E-state index in [0.29, 0.717) is 28.1 Å². The number of rotatable bonds is 6. The molecule has 0 bridgehead atoms. The van der Waals surface area contributed by atoms with Crippen LogP contribution in [0.4, 0.5) is 14.7 Å². The number of ether oxygens (including phenoxy) is 1. The van der Waals surface area contributed by atoms with Crippen LogP contribution in [0.5, 0.6) is 0 Å². The van der Waals surface area contributed by atoms with E-state index in [0.717, 1.165) is 32.1 Å². The Bertz CT molecular complexity index is 1300. The number of fused-ring (bicyclic) bond motifs is 1. The van der Waals surface area contributed by atoms with E-state index in [4.69, 9.17) is 16.3 Å². The molecule has 1 atom stereocenters. The lowest BCUT2D eigenvalue weighted by molar-refractivity contribution is -0.146. The largest absolute Gasteiger partial charge is 0.459 e. The van der Waals surface area contributed by atoms with Gasteiger partial charge >= 0.3 is 5.97 Å². The van der Waals surface area contributed by atoms with Gasteiger partial charge in [-0.1, -0.05) is 54.0 Å². The normalized spacial score (nSPS) is 18.1. The molecule has 1 unspecified atom stereocenters. The van der Waals surface area contributed by atoms with E-state index in [1.54, 1.807) is 31.2 Å². The highest BCUT2D eigenvalue weighted by molar-refractivity contribution is 7.98. The molecule has 2 aliphatic rings. The summed E-state index contributed by atoms with van der Waals surface area (Å²) in [6.45, 7) is 1.73. The number of esters is 1. The summed E-state index contributed by atoms with van der Waals surface area (Å²) < 4.78 is 36.6. The quantitative estimate of drug-likeness (QED) is 0.283. The summed E-state index contributed by atoms with van der Waals surface area (Å²) in [5.74, 6) is -0.759. The van der Waals surface area contributed by atoms with Crippen molar-refractivity contribution in [2.75, 3.05) is 5.32 Å². The molecule has 2 heterocycles. The Kier molecular flexibility index (Phi) is 7.29. The molecule has 0 spiro atoms. The highest BCUT2D eigenvalue weighted by Crippen LogP contribution is 2.41. The number of allylic oxidation sites excluding steroid dienone is 1. The number of benzene rings is 2. The third-order valence-electron chi connectivity index (χ3n) is 6.47. The average Bonchev–Trinajstić information content (AvgIpc) is 3.26. The lowest BCUT2D eigenvalue weighted by atomic mass is 9.94.